The van der Waals surface area contributed by atoms with Gasteiger partial charge in [0.1, 0.15) is 13.6 Å². The zero-order valence-electron chi connectivity index (χ0n) is 34.0. The van der Waals surface area contributed by atoms with Gasteiger partial charge in [0.15, 0.2) is 5.79 Å². The summed E-state index contributed by atoms with van der Waals surface area (Å²) in [4.78, 5) is 0. The van der Waals surface area contributed by atoms with Gasteiger partial charge in [-0.3, -0.25) is 0 Å². The highest BCUT2D eigenvalue weighted by molar-refractivity contribution is 6.76. The van der Waals surface area contributed by atoms with Crippen LogP contribution in [0.2, 0.25) is 51.4 Å². The molecule has 2 aliphatic rings. The molecule has 0 amide bonds. The third-order valence-corrected chi connectivity index (χ3v) is 13.7. The van der Waals surface area contributed by atoms with Crippen LogP contribution < -0.4 is 0 Å². The Bertz CT molecular complexity index is 1180. The Balaban J connectivity index is 1.76. The van der Waals surface area contributed by atoms with Crippen LogP contribution in [-0.2, 0) is 44.5 Å². The molecule has 0 radical (unpaired) electrons. The molecule has 0 bridgehead atoms. The van der Waals surface area contributed by atoms with E-state index in [-0.39, 0.29) is 43.9 Å². The zero-order chi connectivity index (χ0) is 38.3. The average Bonchev–Trinajstić information content (AvgIpc) is 3.07. The van der Waals surface area contributed by atoms with Crippen LogP contribution in [0.1, 0.15) is 57.9 Å². The third kappa shape index (κ3) is 15.5. The molecular formula is C41H72O9Si2. The largest absolute Gasteiger partial charge is 0.396 e. The first-order valence-corrected chi connectivity index (χ1v) is 26.8. The minimum Gasteiger partial charge on any atom is -0.396 e. The molecule has 3 rings (SSSR count). The van der Waals surface area contributed by atoms with Crippen molar-refractivity contribution in [3.05, 3.63) is 60.2 Å². The van der Waals surface area contributed by atoms with Crippen LogP contribution in [-0.4, -0.2) is 105 Å². The fourth-order valence-corrected chi connectivity index (χ4v) is 8.37. The number of hydrogen-bond acceptors (Lipinski definition) is 9. The summed E-state index contributed by atoms with van der Waals surface area (Å²) in [6.07, 6.45) is 6.83. The van der Waals surface area contributed by atoms with E-state index in [4.69, 9.17) is 37.9 Å². The molecule has 1 N–H and O–H groups in total. The molecule has 2 saturated heterocycles. The molecule has 2 aliphatic heterocycles. The van der Waals surface area contributed by atoms with Crippen molar-refractivity contribution in [3.63, 3.8) is 0 Å². The second-order valence-electron chi connectivity index (χ2n) is 17.5. The molecular weight excluding hydrogens is 693 g/mol. The molecule has 9 nitrogen and oxygen atoms in total. The minimum absolute atomic E-state index is 0.0173. The first-order valence-electron chi connectivity index (χ1n) is 19.4. The van der Waals surface area contributed by atoms with Crippen LogP contribution in [0, 0.1) is 5.41 Å². The molecule has 52 heavy (non-hydrogen) atoms. The van der Waals surface area contributed by atoms with Gasteiger partial charge in [-0.15, -0.1) is 6.58 Å². The van der Waals surface area contributed by atoms with Gasteiger partial charge in [-0.05, 0) is 36.9 Å². The molecule has 0 aliphatic carbocycles. The van der Waals surface area contributed by atoms with Crippen molar-refractivity contribution in [1.82, 2.24) is 0 Å². The van der Waals surface area contributed by atoms with Crippen molar-refractivity contribution in [2.75, 3.05) is 47.1 Å². The van der Waals surface area contributed by atoms with Gasteiger partial charge in [0.05, 0.1) is 43.7 Å². The summed E-state index contributed by atoms with van der Waals surface area (Å²) in [5.41, 5.74) is 1.84. The van der Waals surface area contributed by atoms with Gasteiger partial charge < -0.3 is 43.0 Å². The highest BCUT2D eigenvalue weighted by atomic mass is 28.3. The highest BCUT2D eigenvalue weighted by Crippen LogP contribution is 2.51. The van der Waals surface area contributed by atoms with Crippen LogP contribution in [0.25, 0.3) is 0 Å². The second-order valence-corrected chi connectivity index (χ2v) is 28.8. The number of aliphatic hydroxyl groups excluding tert-OH is 1. The summed E-state index contributed by atoms with van der Waals surface area (Å²) >= 11 is 0. The van der Waals surface area contributed by atoms with Crippen LogP contribution in [0.4, 0.5) is 0 Å². The molecule has 0 aromatic heterocycles. The van der Waals surface area contributed by atoms with E-state index in [0.29, 0.717) is 52.3 Å². The predicted octanol–water partition coefficient (Wildman–Crippen LogP) is 8.58. The normalized spacial score (nSPS) is 26.8. The molecule has 0 spiro atoms. The topological polar surface area (TPSA) is 94.1 Å². The lowest BCUT2D eigenvalue weighted by Crippen LogP contribution is -2.63. The lowest BCUT2D eigenvalue weighted by atomic mass is 9.70. The minimum atomic E-state index is -1.21. The van der Waals surface area contributed by atoms with E-state index in [2.05, 4.69) is 77.9 Å². The van der Waals surface area contributed by atoms with Crippen molar-refractivity contribution in [3.8, 4) is 0 Å². The summed E-state index contributed by atoms with van der Waals surface area (Å²) in [5.74, 6) is -1.02. The van der Waals surface area contributed by atoms with Crippen molar-refractivity contribution in [1.29, 1.82) is 0 Å². The summed E-state index contributed by atoms with van der Waals surface area (Å²) in [5, 5.41) is 9.95. The van der Waals surface area contributed by atoms with Gasteiger partial charge in [0.2, 0.25) is 0 Å². The SMILES string of the molecule is C=C[C@H]1C/C(=C\COCOCC[Si](C)(C)C)C[C@@H](C[C@]2(OC)O[C@H](C[C@H](CCO)OCOCC[Si](C)(C)C)C[C@H](OCc3ccccc3)C2(C)C)O1. The first-order chi connectivity index (χ1) is 24.6. The van der Waals surface area contributed by atoms with Gasteiger partial charge >= 0.3 is 0 Å². The summed E-state index contributed by atoms with van der Waals surface area (Å²) in [6.45, 7) is 25.4. The van der Waals surface area contributed by atoms with Gasteiger partial charge in [0, 0.05) is 67.8 Å². The Morgan fingerprint density at radius 2 is 1.62 bits per heavy atom. The number of benzene rings is 1. The van der Waals surface area contributed by atoms with E-state index >= 15 is 0 Å². The highest BCUT2D eigenvalue weighted by Gasteiger charge is 2.58. The summed E-state index contributed by atoms with van der Waals surface area (Å²) < 4.78 is 50.6. The lowest BCUT2D eigenvalue weighted by Gasteiger charge is -2.56. The molecule has 0 unspecified atom stereocenters. The van der Waals surface area contributed by atoms with E-state index < -0.39 is 27.3 Å². The van der Waals surface area contributed by atoms with Crippen molar-refractivity contribution >= 4 is 16.1 Å². The average molecular weight is 765 g/mol. The van der Waals surface area contributed by atoms with Crippen molar-refractivity contribution < 1.29 is 43.0 Å². The van der Waals surface area contributed by atoms with Gasteiger partial charge in [-0.2, -0.15) is 0 Å². The van der Waals surface area contributed by atoms with Crippen LogP contribution in [0.3, 0.4) is 0 Å². The number of rotatable bonds is 24. The number of methoxy groups -OCH3 is 1. The molecule has 0 saturated carbocycles. The number of hydrogen-bond donors (Lipinski definition) is 1. The Kier molecular flexibility index (Phi) is 18.9. The quantitative estimate of drug-likeness (QED) is 0.0481. The summed E-state index contributed by atoms with van der Waals surface area (Å²) in [6, 6.07) is 12.5. The number of aliphatic hydroxyl groups is 1. The Morgan fingerprint density at radius 3 is 2.23 bits per heavy atom. The standard InChI is InChI=1S/C41H72O9Si2/c1-11-35-25-34(18-20-44-31-45-21-23-51(5,6)7)26-38(49-35)29-41(43-4)40(2,3)39(47-30-33-15-13-12-14-16-33)28-37(50-41)27-36(17-19-42)48-32-46-22-24-52(8,9)10/h11-16,18,35-39,42H,1,17,19-32H2,2-10H3/b34-18+/t35-,36-,37+,38-,39-,41-/m0/s1. The van der Waals surface area contributed by atoms with Crippen LogP contribution >= 0.6 is 0 Å². The molecule has 1 aromatic rings. The predicted molar refractivity (Wildman–Crippen MR) is 214 cm³/mol. The van der Waals surface area contributed by atoms with Gasteiger partial charge in [0.25, 0.3) is 0 Å². The van der Waals surface area contributed by atoms with Gasteiger partial charge in [-0.1, -0.05) is 101 Å². The molecule has 1 aromatic carbocycles. The zero-order valence-corrected chi connectivity index (χ0v) is 36.0. The second kappa shape index (κ2) is 21.8. The summed E-state index contributed by atoms with van der Waals surface area (Å²) in [7, 11) is -0.607. The Labute approximate surface area is 317 Å². The molecule has 298 valence electrons. The van der Waals surface area contributed by atoms with Crippen molar-refractivity contribution in [2.24, 2.45) is 5.41 Å². The third-order valence-electron chi connectivity index (χ3n) is 10.3. The molecule has 6 atom stereocenters. The van der Waals surface area contributed by atoms with E-state index in [0.717, 1.165) is 37.1 Å². The van der Waals surface area contributed by atoms with Crippen molar-refractivity contribution in [2.45, 2.75) is 147 Å². The fraction of sp³-hybridized carbons (Fsp3) is 0.756. The van der Waals surface area contributed by atoms with Crippen LogP contribution in [0.5, 0.6) is 0 Å². The van der Waals surface area contributed by atoms with E-state index in [1.54, 1.807) is 7.11 Å². The maximum Gasteiger partial charge on any atom is 0.178 e. The van der Waals surface area contributed by atoms with E-state index in [1.165, 1.54) is 5.57 Å². The fourth-order valence-electron chi connectivity index (χ4n) is 6.86. The van der Waals surface area contributed by atoms with Gasteiger partial charge in [-0.25, -0.2) is 0 Å². The lowest BCUT2D eigenvalue weighted by molar-refractivity contribution is -0.363. The maximum absolute atomic E-state index is 9.95. The monoisotopic (exact) mass is 764 g/mol. The number of ether oxygens (including phenoxy) is 8. The van der Waals surface area contributed by atoms with Crippen LogP contribution in [0.15, 0.2) is 54.6 Å². The Morgan fingerprint density at radius 1 is 0.942 bits per heavy atom. The Hall–Kier alpha value is -1.23. The molecule has 2 heterocycles. The first kappa shape index (κ1) is 45.2. The molecule has 2 fully saturated rings. The molecule has 11 heteroatoms. The maximum atomic E-state index is 9.95. The van der Waals surface area contributed by atoms with E-state index in [1.807, 2.05) is 24.3 Å². The smallest absolute Gasteiger partial charge is 0.178 e. The van der Waals surface area contributed by atoms with E-state index in [9.17, 15) is 5.11 Å².